The van der Waals surface area contributed by atoms with Crippen molar-refractivity contribution in [2.75, 3.05) is 19.7 Å². The maximum Gasteiger partial charge on any atom is 0.313 e. The minimum Gasteiger partial charge on any atom is -0.460 e. The van der Waals surface area contributed by atoms with Crippen LogP contribution in [0.1, 0.15) is 52.0 Å². The molecule has 0 radical (unpaired) electrons. The molecule has 232 valence electrons. The van der Waals surface area contributed by atoms with Crippen LogP contribution in [0.5, 0.6) is 0 Å². The maximum absolute atomic E-state index is 14.8. The Morgan fingerprint density at radius 1 is 1.12 bits per heavy atom. The lowest BCUT2D eigenvalue weighted by Crippen LogP contribution is -2.60. The molecule has 1 unspecified atom stereocenters. The molecule has 43 heavy (non-hydrogen) atoms. The molecule has 3 amide bonds. The number of allylic oxidation sites excluding steroid dienone is 1. The Kier molecular flexibility index (Phi) is 9.36. The van der Waals surface area contributed by atoms with Gasteiger partial charge in [0.25, 0.3) is 0 Å². The average molecular weight is 594 g/mol. The van der Waals surface area contributed by atoms with Gasteiger partial charge in [0.2, 0.25) is 17.7 Å². The Bertz CT molecular complexity index is 1270. The highest BCUT2D eigenvalue weighted by molar-refractivity contribution is 5.99. The van der Waals surface area contributed by atoms with E-state index in [1.165, 1.54) is 4.90 Å². The Labute approximate surface area is 253 Å². The van der Waals surface area contributed by atoms with Gasteiger partial charge in [-0.15, -0.1) is 0 Å². The first kappa shape index (κ1) is 30.9. The Balaban J connectivity index is 1.59. The summed E-state index contributed by atoms with van der Waals surface area (Å²) in [5, 5.41) is 13.5. The molecule has 2 N–H and O–H groups in total. The van der Waals surface area contributed by atoms with Crippen molar-refractivity contribution in [2.24, 2.45) is 11.8 Å². The van der Waals surface area contributed by atoms with Gasteiger partial charge in [-0.3, -0.25) is 19.2 Å². The Morgan fingerprint density at radius 2 is 1.88 bits per heavy atom. The zero-order chi connectivity index (χ0) is 30.7. The Hall–Kier alpha value is -3.50. The van der Waals surface area contributed by atoms with E-state index in [0.29, 0.717) is 19.4 Å². The number of nitrogens with one attached hydrogen (secondary N) is 1. The van der Waals surface area contributed by atoms with Crippen LogP contribution < -0.4 is 5.32 Å². The molecule has 1 spiro atoms. The van der Waals surface area contributed by atoms with Crippen LogP contribution in [0.3, 0.4) is 0 Å². The van der Waals surface area contributed by atoms with Crippen LogP contribution in [0.15, 0.2) is 54.6 Å². The Morgan fingerprint density at radius 3 is 2.60 bits per heavy atom. The highest BCUT2D eigenvalue weighted by Gasteiger charge is 2.74. The molecule has 1 aromatic rings. The molecule has 0 saturated carbocycles. The molecule has 5 bridgehead atoms. The average Bonchev–Trinajstić information content (AvgIpc) is 3.64. The van der Waals surface area contributed by atoms with E-state index in [0.717, 1.165) is 18.4 Å². The first-order valence-corrected chi connectivity index (χ1v) is 15.5. The van der Waals surface area contributed by atoms with Crippen LogP contribution in [-0.4, -0.2) is 94.2 Å². The van der Waals surface area contributed by atoms with Gasteiger partial charge in [-0.2, -0.15) is 0 Å². The van der Waals surface area contributed by atoms with E-state index in [-0.39, 0.29) is 37.4 Å². The third-order valence-corrected chi connectivity index (χ3v) is 9.17. The zero-order valence-corrected chi connectivity index (χ0v) is 25.2. The smallest absolute Gasteiger partial charge is 0.313 e. The van der Waals surface area contributed by atoms with Crippen LogP contribution >= 0.6 is 0 Å². The number of esters is 1. The third kappa shape index (κ3) is 5.87. The zero-order valence-electron chi connectivity index (χ0n) is 25.2. The standard InChI is InChI=1S/C33H43N3O7/c1-4-11-21(2)35-17-10-6-9-14-26(38)34-19-22(3)42-32(41)27-25-15-16-33(43-25)28(27)30(39)36(29(33)31(35)40)24(20-37)18-23-12-7-5-8-13-23/h5-8,10,12-13,15-16,21-22,24-25,27-29,37H,4,9,11,14,17-20H2,1-3H3,(H,34,38)/b10-6-/t21?,22-,24-,25+,27-,28-,29+,33-/m1/s1. The summed E-state index contributed by atoms with van der Waals surface area (Å²) in [6, 6.07) is 7.59. The summed E-state index contributed by atoms with van der Waals surface area (Å²) in [5.74, 6) is -3.39. The molecule has 10 nitrogen and oxygen atoms in total. The van der Waals surface area contributed by atoms with Crippen molar-refractivity contribution in [2.45, 2.75) is 88.8 Å². The molecule has 4 aliphatic rings. The summed E-state index contributed by atoms with van der Waals surface area (Å²) in [6.45, 7) is 5.80. The molecule has 10 heteroatoms. The van der Waals surface area contributed by atoms with Crippen molar-refractivity contribution in [1.82, 2.24) is 15.1 Å². The second-order valence-electron chi connectivity index (χ2n) is 12.2. The fourth-order valence-corrected chi connectivity index (χ4v) is 7.09. The second-order valence-corrected chi connectivity index (χ2v) is 12.2. The molecule has 1 aromatic carbocycles. The van der Waals surface area contributed by atoms with E-state index in [9.17, 15) is 24.3 Å². The van der Waals surface area contributed by atoms with Crippen molar-refractivity contribution in [1.29, 1.82) is 0 Å². The number of amides is 3. The molecule has 0 aliphatic carbocycles. The first-order chi connectivity index (χ1) is 20.7. The number of hydrogen-bond donors (Lipinski definition) is 2. The van der Waals surface area contributed by atoms with Crippen LogP contribution in [0.2, 0.25) is 0 Å². The molecule has 4 aliphatic heterocycles. The number of aliphatic hydroxyl groups is 1. The number of carbonyl (C=O) groups is 4. The number of benzene rings is 1. The van der Waals surface area contributed by atoms with Crippen LogP contribution in [-0.2, 0) is 35.1 Å². The molecular formula is C33H43N3O7. The van der Waals surface area contributed by atoms with E-state index in [1.54, 1.807) is 24.0 Å². The van der Waals surface area contributed by atoms with Gasteiger partial charge in [-0.25, -0.2) is 0 Å². The number of ether oxygens (including phenoxy) is 2. The predicted octanol–water partition coefficient (Wildman–Crippen LogP) is 2.16. The van der Waals surface area contributed by atoms with Gasteiger partial charge in [-0.1, -0.05) is 68.0 Å². The summed E-state index contributed by atoms with van der Waals surface area (Å²) in [4.78, 5) is 58.5. The van der Waals surface area contributed by atoms with E-state index in [1.807, 2.05) is 49.4 Å². The minimum atomic E-state index is -1.37. The second kappa shape index (κ2) is 13.0. The van der Waals surface area contributed by atoms with Gasteiger partial charge in [0.05, 0.1) is 31.2 Å². The number of cyclic esters (lactones) is 1. The monoisotopic (exact) mass is 593 g/mol. The molecular weight excluding hydrogens is 550 g/mol. The van der Waals surface area contributed by atoms with Crippen LogP contribution in [0.25, 0.3) is 0 Å². The lowest BCUT2D eigenvalue weighted by Gasteiger charge is -2.40. The highest BCUT2D eigenvalue weighted by Crippen LogP contribution is 2.56. The summed E-state index contributed by atoms with van der Waals surface area (Å²) < 4.78 is 12.2. The van der Waals surface area contributed by atoms with Crippen molar-refractivity contribution in [3.8, 4) is 0 Å². The molecule has 8 atom stereocenters. The number of rotatable bonds is 7. The number of nitrogens with zero attached hydrogens (tertiary/aromatic N) is 2. The fraction of sp³-hybridized carbons (Fsp3) is 0.576. The van der Waals surface area contributed by atoms with Gasteiger partial charge in [0, 0.05) is 19.0 Å². The summed E-state index contributed by atoms with van der Waals surface area (Å²) in [6.07, 6.45) is 8.66. The molecule has 5 rings (SSSR count). The molecule has 0 aromatic heterocycles. The number of fused-ring (bicyclic) bond motifs is 2. The summed E-state index contributed by atoms with van der Waals surface area (Å²) in [5.41, 5.74) is -0.456. The maximum atomic E-state index is 14.8. The number of carbonyl (C=O) groups excluding carboxylic acids is 4. The molecule has 4 heterocycles. The van der Waals surface area contributed by atoms with E-state index >= 15 is 0 Å². The lowest BCUT2D eigenvalue weighted by atomic mass is 9.74. The molecule has 2 saturated heterocycles. The summed E-state index contributed by atoms with van der Waals surface area (Å²) >= 11 is 0. The van der Waals surface area contributed by atoms with Gasteiger partial charge in [-0.05, 0) is 38.7 Å². The first-order valence-electron chi connectivity index (χ1n) is 15.5. The van der Waals surface area contributed by atoms with Gasteiger partial charge in [0.15, 0.2) is 0 Å². The van der Waals surface area contributed by atoms with Crippen molar-refractivity contribution < 1.29 is 33.8 Å². The lowest BCUT2D eigenvalue weighted by molar-refractivity contribution is -0.159. The van der Waals surface area contributed by atoms with Crippen molar-refractivity contribution >= 4 is 23.7 Å². The number of hydrogen-bond acceptors (Lipinski definition) is 7. The quantitative estimate of drug-likeness (QED) is 0.367. The minimum absolute atomic E-state index is 0.144. The van der Waals surface area contributed by atoms with Crippen LogP contribution in [0, 0.1) is 11.8 Å². The number of likely N-dealkylation sites (tertiary alicyclic amines) is 1. The number of aliphatic hydroxyl groups excluding tert-OH is 1. The van der Waals surface area contributed by atoms with Crippen LogP contribution in [0.4, 0.5) is 0 Å². The van der Waals surface area contributed by atoms with Crippen molar-refractivity contribution in [3.05, 3.63) is 60.2 Å². The van der Waals surface area contributed by atoms with E-state index in [2.05, 4.69) is 12.2 Å². The van der Waals surface area contributed by atoms with E-state index < -0.39 is 53.6 Å². The summed E-state index contributed by atoms with van der Waals surface area (Å²) in [7, 11) is 0. The van der Waals surface area contributed by atoms with Gasteiger partial charge >= 0.3 is 5.97 Å². The molecule has 2 fully saturated rings. The largest absolute Gasteiger partial charge is 0.460 e. The van der Waals surface area contributed by atoms with E-state index in [4.69, 9.17) is 9.47 Å². The van der Waals surface area contributed by atoms with Gasteiger partial charge in [0.1, 0.15) is 23.7 Å². The predicted molar refractivity (Wildman–Crippen MR) is 158 cm³/mol. The van der Waals surface area contributed by atoms with Gasteiger partial charge < -0.3 is 29.7 Å². The third-order valence-electron chi connectivity index (χ3n) is 9.17. The topological polar surface area (TPSA) is 125 Å². The van der Waals surface area contributed by atoms with Crippen molar-refractivity contribution in [3.63, 3.8) is 0 Å². The fourth-order valence-electron chi connectivity index (χ4n) is 7.09. The highest BCUT2D eigenvalue weighted by atomic mass is 16.6. The normalized spacial score (nSPS) is 33.3. The SMILES string of the molecule is CCCC(C)N1C/C=C\CCC(=O)NC[C@@H](C)OC(=O)[C@@H]2[C@@H]3C=C[C@]4(O3)[C@H](C1=O)N([C@@H](CO)Cc1ccccc1)C(=O)[C@@H]24.